The zero-order chi connectivity index (χ0) is 16.3. The lowest BCUT2D eigenvalue weighted by Gasteiger charge is -2.09. The minimum atomic E-state index is -1.11. The van der Waals surface area contributed by atoms with Crippen molar-refractivity contribution in [2.75, 3.05) is 12.0 Å². The first-order valence-electron chi connectivity index (χ1n) is 5.99. The first kappa shape index (κ1) is 15.2. The molecule has 0 bridgehead atoms. The van der Waals surface area contributed by atoms with Gasteiger partial charge in [-0.1, -0.05) is 0 Å². The van der Waals surface area contributed by atoms with E-state index >= 15 is 0 Å². The summed E-state index contributed by atoms with van der Waals surface area (Å²) in [4.78, 5) is 38.1. The van der Waals surface area contributed by atoms with Crippen LogP contribution in [-0.2, 0) is 4.74 Å². The molecule has 10 nitrogen and oxygen atoms in total. The van der Waals surface area contributed by atoms with Crippen molar-refractivity contribution in [2.45, 2.75) is 6.92 Å². The smallest absolute Gasteiger partial charge is 0.425 e. The van der Waals surface area contributed by atoms with Crippen LogP contribution in [0, 0.1) is 15.9 Å². The van der Waals surface area contributed by atoms with Gasteiger partial charge in [0, 0.05) is 11.5 Å². The summed E-state index contributed by atoms with van der Waals surface area (Å²) in [5.74, 6) is -1.29. The minimum absolute atomic E-state index is 0.0127. The van der Waals surface area contributed by atoms with Crippen LogP contribution in [0.3, 0.4) is 0 Å². The number of carbonyl (C=O) groups is 1. The molecular formula is C11H10FN5O5. The maximum Gasteiger partial charge on any atom is 0.425 e. The van der Waals surface area contributed by atoms with Gasteiger partial charge in [0.1, 0.15) is 0 Å². The fourth-order valence-corrected chi connectivity index (χ4v) is 1.68. The van der Waals surface area contributed by atoms with E-state index < -0.39 is 28.2 Å². The molecule has 3 N–H and O–H groups in total. The van der Waals surface area contributed by atoms with E-state index in [-0.39, 0.29) is 23.3 Å². The second-order valence-electron chi connectivity index (χ2n) is 3.97. The van der Waals surface area contributed by atoms with E-state index in [4.69, 9.17) is 0 Å². The molecule has 0 unspecified atom stereocenters. The lowest BCUT2D eigenvalue weighted by Crippen LogP contribution is -2.31. The van der Waals surface area contributed by atoms with E-state index in [0.29, 0.717) is 0 Å². The van der Waals surface area contributed by atoms with Crippen molar-refractivity contribution in [3.05, 3.63) is 38.5 Å². The molecule has 1 aromatic heterocycles. The molecule has 2 rings (SSSR count). The van der Waals surface area contributed by atoms with Gasteiger partial charge in [-0.2, -0.15) is 9.37 Å². The average Bonchev–Trinajstić information content (AvgIpc) is 2.44. The lowest BCUT2D eigenvalue weighted by atomic mass is 10.2. The van der Waals surface area contributed by atoms with Crippen LogP contribution >= 0.6 is 0 Å². The van der Waals surface area contributed by atoms with Crippen LogP contribution in [0.25, 0.3) is 10.9 Å². The fraction of sp³-hybridized carbons (Fsp3) is 0.182. The van der Waals surface area contributed by atoms with E-state index in [1.54, 1.807) is 6.92 Å². The van der Waals surface area contributed by atoms with Gasteiger partial charge >= 0.3 is 17.5 Å². The molecule has 116 valence electrons. The molecule has 1 heterocycles. The van der Waals surface area contributed by atoms with Gasteiger partial charge in [0.25, 0.3) is 0 Å². The number of fused-ring (bicyclic) bond motifs is 1. The third-order valence-corrected chi connectivity index (χ3v) is 2.55. The maximum atomic E-state index is 13.7. The number of nitro benzene ring substituents is 1. The number of amides is 1. The van der Waals surface area contributed by atoms with Crippen molar-refractivity contribution in [2.24, 2.45) is 0 Å². The molecule has 0 spiro atoms. The second-order valence-corrected chi connectivity index (χ2v) is 3.97. The highest BCUT2D eigenvalue weighted by Crippen LogP contribution is 2.25. The van der Waals surface area contributed by atoms with Gasteiger partial charge in [-0.25, -0.2) is 15.0 Å². The number of hydrogen-bond donors (Lipinski definition) is 3. The number of nitro groups is 1. The third-order valence-electron chi connectivity index (χ3n) is 2.55. The average molecular weight is 311 g/mol. The lowest BCUT2D eigenvalue weighted by molar-refractivity contribution is -0.387. The summed E-state index contributed by atoms with van der Waals surface area (Å²) in [5, 5.41) is 10.7. The molecule has 22 heavy (non-hydrogen) atoms. The SMILES string of the molecule is CCOC(=O)NNc1nc(=O)[nH]c2cc([N+](=O)[O-])c(F)cc12. The van der Waals surface area contributed by atoms with Crippen LogP contribution in [0.5, 0.6) is 0 Å². The number of aromatic nitrogens is 2. The number of nitrogens with one attached hydrogen (secondary N) is 3. The zero-order valence-electron chi connectivity index (χ0n) is 11.2. The van der Waals surface area contributed by atoms with E-state index in [1.165, 1.54) is 0 Å². The van der Waals surface area contributed by atoms with Crippen LogP contribution < -0.4 is 16.5 Å². The number of anilines is 1. The molecular weight excluding hydrogens is 301 g/mol. The summed E-state index contributed by atoms with van der Waals surface area (Å²) in [5.41, 5.74) is 2.75. The number of rotatable bonds is 4. The Morgan fingerprint density at radius 3 is 2.91 bits per heavy atom. The molecule has 0 fully saturated rings. The number of ether oxygens (including phenoxy) is 1. The Kier molecular flexibility index (Phi) is 4.15. The van der Waals surface area contributed by atoms with Crippen LogP contribution in [0.15, 0.2) is 16.9 Å². The maximum absolute atomic E-state index is 13.7. The number of carbonyl (C=O) groups excluding carboxylic acids is 1. The molecule has 0 saturated heterocycles. The molecule has 0 atom stereocenters. The zero-order valence-corrected chi connectivity index (χ0v) is 11.2. The van der Waals surface area contributed by atoms with Crippen LogP contribution in [0.1, 0.15) is 6.92 Å². The highest BCUT2D eigenvalue weighted by Gasteiger charge is 2.18. The van der Waals surface area contributed by atoms with E-state index in [9.17, 15) is 24.1 Å². The molecule has 0 aliphatic rings. The quantitative estimate of drug-likeness (QED) is 0.566. The molecule has 0 aliphatic carbocycles. The monoisotopic (exact) mass is 311 g/mol. The highest BCUT2D eigenvalue weighted by molar-refractivity contribution is 5.90. The normalized spacial score (nSPS) is 10.3. The van der Waals surface area contributed by atoms with Gasteiger partial charge in [0.05, 0.1) is 17.0 Å². The van der Waals surface area contributed by atoms with Gasteiger partial charge < -0.3 is 9.72 Å². The topological polar surface area (TPSA) is 139 Å². The summed E-state index contributed by atoms with van der Waals surface area (Å²) in [7, 11) is 0. The molecule has 1 aromatic carbocycles. The number of benzene rings is 1. The third kappa shape index (κ3) is 3.08. The van der Waals surface area contributed by atoms with E-state index in [2.05, 4.69) is 25.6 Å². The Balaban J connectivity index is 2.46. The number of halogens is 1. The first-order valence-corrected chi connectivity index (χ1v) is 5.99. The Morgan fingerprint density at radius 1 is 1.55 bits per heavy atom. The second kappa shape index (κ2) is 6.03. The van der Waals surface area contributed by atoms with E-state index in [0.717, 1.165) is 12.1 Å². The van der Waals surface area contributed by atoms with Crippen molar-refractivity contribution >= 4 is 28.5 Å². The van der Waals surface area contributed by atoms with Gasteiger partial charge in [-0.3, -0.25) is 15.5 Å². The summed E-state index contributed by atoms with van der Waals surface area (Å²) < 4.78 is 18.3. The largest absolute Gasteiger partial charge is 0.449 e. The van der Waals surface area contributed by atoms with Gasteiger partial charge in [-0.05, 0) is 13.0 Å². The van der Waals surface area contributed by atoms with Gasteiger partial charge in [-0.15, -0.1) is 0 Å². The molecule has 0 aliphatic heterocycles. The van der Waals surface area contributed by atoms with Crippen molar-refractivity contribution in [1.82, 2.24) is 15.4 Å². The van der Waals surface area contributed by atoms with Crippen molar-refractivity contribution in [1.29, 1.82) is 0 Å². The van der Waals surface area contributed by atoms with Crippen molar-refractivity contribution < 1.29 is 18.8 Å². The number of hydrazine groups is 1. The predicted molar refractivity (Wildman–Crippen MR) is 72.8 cm³/mol. The Labute approximate surface area is 121 Å². The Bertz CT molecular complexity index is 805. The Morgan fingerprint density at radius 2 is 2.27 bits per heavy atom. The summed E-state index contributed by atoms with van der Waals surface area (Å²) in [6, 6.07) is 1.69. The Hall–Kier alpha value is -3.24. The number of hydrogen-bond acceptors (Lipinski definition) is 7. The minimum Gasteiger partial charge on any atom is -0.449 e. The standard InChI is InChI=1S/C11H10FN5O5/c1-2-22-11(19)16-15-9-5-3-6(12)8(17(20)21)4-7(5)13-10(18)14-9/h3-4H,2H2,1H3,(H,16,19)(H2,13,14,15,18). The summed E-state index contributed by atoms with van der Waals surface area (Å²) >= 11 is 0. The van der Waals surface area contributed by atoms with Crippen LogP contribution in [0.4, 0.5) is 20.7 Å². The first-order chi connectivity index (χ1) is 10.4. The van der Waals surface area contributed by atoms with Gasteiger partial charge in [0.2, 0.25) is 5.82 Å². The van der Waals surface area contributed by atoms with Crippen LogP contribution in [0.2, 0.25) is 0 Å². The summed E-state index contributed by atoms with van der Waals surface area (Å²) in [6.07, 6.45) is -0.833. The molecule has 2 aromatic rings. The number of nitrogens with zero attached hydrogens (tertiary/aromatic N) is 2. The van der Waals surface area contributed by atoms with E-state index in [1.807, 2.05) is 0 Å². The van der Waals surface area contributed by atoms with Crippen molar-refractivity contribution in [3.63, 3.8) is 0 Å². The number of aromatic amines is 1. The van der Waals surface area contributed by atoms with Crippen LogP contribution in [-0.4, -0.2) is 27.6 Å². The van der Waals surface area contributed by atoms with Crippen molar-refractivity contribution in [3.8, 4) is 0 Å². The molecule has 0 saturated carbocycles. The highest BCUT2D eigenvalue weighted by atomic mass is 19.1. The molecule has 11 heteroatoms. The molecule has 1 amide bonds. The predicted octanol–water partition coefficient (Wildman–Crippen LogP) is 1.04. The fourth-order valence-electron chi connectivity index (χ4n) is 1.68. The van der Waals surface area contributed by atoms with Gasteiger partial charge in [0.15, 0.2) is 5.82 Å². The number of H-pyrrole nitrogens is 1. The molecule has 0 radical (unpaired) electrons. The summed E-state index contributed by atoms with van der Waals surface area (Å²) in [6.45, 7) is 1.72.